The van der Waals surface area contributed by atoms with Crippen molar-refractivity contribution in [1.29, 1.82) is 0 Å². The van der Waals surface area contributed by atoms with Gasteiger partial charge in [0.2, 0.25) is 6.33 Å². The van der Waals surface area contributed by atoms with Crippen LogP contribution in [-0.4, -0.2) is 29.0 Å². The van der Waals surface area contributed by atoms with Crippen LogP contribution in [0, 0.1) is 18.5 Å². The molecule has 4 heterocycles. The summed E-state index contributed by atoms with van der Waals surface area (Å²) in [6.07, 6.45) is 4.06. The molecule has 1 aliphatic heterocycles. The molecule has 0 spiro atoms. The molecule has 7 heteroatoms. The fourth-order valence-corrected chi connectivity index (χ4v) is 15.7. The summed E-state index contributed by atoms with van der Waals surface area (Å²) in [5, 5.41) is 7.10. The summed E-state index contributed by atoms with van der Waals surface area (Å²) in [6.45, 7) is 6.47. The summed E-state index contributed by atoms with van der Waals surface area (Å²) in [4.78, 5) is 6.00. The number of hydrogen-bond acceptors (Lipinski definition) is 1. The van der Waals surface area contributed by atoms with Gasteiger partial charge >= 0.3 is 6.85 Å². The number of pyridine rings is 1. The van der Waals surface area contributed by atoms with E-state index in [0.29, 0.717) is 0 Å². The Morgan fingerprint density at radius 1 is 0.521 bits per heavy atom. The maximum atomic E-state index is 6.00. The minimum absolute atomic E-state index is 0. The molecule has 71 heavy (non-hydrogen) atoms. The van der Waals surface area contributed by atoms with Crippen molar-refractivity contribution >= 4 is 79.6 Å². The number of benzene rings is 9. The van der Waals surface area contributed by atoms with Crippen LogP contribution in [0.25, 0.3) is 66.6 Å². The SMILES string of the molecule is CC(C)(C)c1cc2nc(c1)-n1c3[c-]c(ccc3c3ccccc31)[Si](c1ccccc1)(c1ccccc1)c1[c-]c(ccc1)-n1[c-][n+](c3ccccc31)B2c1c(-c2ccccc2)cccc1-c1ccccc1.[Pt]. The second-order valence-corrected chi connectivity index (χ2v) is 23.2. The molecule has 342 valence electrons. The van der Waals surface area contributed by atoms with Crippen LogP contribution >= 0.6 is 0 Å². The first-order valence-electron chi connectivity index (χ1n) is 24.2. The third kappa shape index (κ3) is 7.23. The zero-order chi connectivity index (χ0) is 47.0. The predicted molar refractivity (Wildman–Crippen MR) is 292 cm³/mol. The van der Waals surface area contributed by atoms with Crippen molar-refractivity contribution in [2.75, 3.05) is 0 Å². The van der Waals surface area contributed by atoms with Crippen LogP contribution in [0.1, 0.15) is 26.3 Å². The van der Waals surface area contributed by atoms with E-state index in [1.54, 1.807) is 0 Å². The summed E-state index contributed by atoms with van der Waals surface area (Å²) >= 11 is 0. The molecular formula is C64H47BN4PtSi-2. The molecule has 0 unspecified atom stereocenters. The van der Waals surface area contributed by atoms with E-state index >= 15 is 0 Å². The topological polar surface area (TPSA) is 26.6 Å². The fraction of sp³-hybridized carbons (Fsp3) is 0.0625. The Kier molecular flexibility index (Phi) is 11.1. The predicted octanol–water partition coefficient (Wildman–Crippen LogP) is 9.78. The Morgan fingerprint density at radius 3 is 1.73 bits per heavy atom. The number of nitrogens with zero attached hydrogens (tertiary/aromatic N) is 4. The average molecular weight is 1110 g/mol. The van der Waals surface area contributed by atoms with Gasteiger partial charge in [-0.1, -0.05) is 214 Å². The van der Waals surface area contributed by atoms with Crippen LogP contribution in [0.3, 0.4) is 0 Å². The number of aromatic nitrogens is 4. The molecule has 0 aliphatic carbocycles. The van der Waals surface area contributed by atoms with Crippen LogP contribution in [0.4, 0.5) is 0 Å². The molecule has 12 aromatic rings. The van der Waals surface area contributed by atoms with Crippen molar-refractivity contribution in [2.45, 2.75) is 26.2 Å². The minimum Gasteiger partial charge on any atom is -0.370 e. The van der Waals surface area contributed by atoms with Gasteiger partial charge in [0.15, 0.2) is 0 Å². The van der Waals surface area contributed by atoms with E-state index in [1.165, 1.54) is 15.9 Å². The van der Waals surface area contributed by atoms with E-state index in [0.717, 1.165) is 88.0 Å². The number of fused-ring (bicyclic) bond motifs is 15. The van der Waals surface area contributed by atoms with Gasteiger partial charge in [-0.25, -0.2) is 4.98 Å². The van der Waals surface area contributed by atoms with E-state index in [-0.39, 0.29) is 26.5 Å². The van der Waals surface area contributed by atoms with Crippen molar-refractivity contribution < 1.29 is 25.5 Å². The molecule has 9 aromatic carbocycles. The summed E-state index contributed by atoms with van der Waals surface area (Å²) < 4.78 is 6.97. The van der Waals surface area contributed by atoms with Crippen molar-refractivity contribution in [1.82, 2.24) is 14.1 Å². The van der Waals surface area contributed by atoms with E-state index < -0.39 is 14.9 Å². The van der Waals surface area contributed by atoms with E-state index in [4.69, 9.17) is 4.98 Å². The Hall–Kier alpha value is -7.63. The van der Waals surface area contributed by atoms with Gasteiger partial charge in [-0.2, -0.15) is 52.8 Å². The number of rotatable bonds is 5. The molecule has 0 saturated heterocycles. The molecule has 0 radical (unpaired) electrons. The third-order valence-corrected chi connectivity index (χ3v) is 19.0. The van der Waals surface area contributed by atoms with Gasteiger partial charge in [0, 0.05) is 32.1 Å². The number of imidazole rings is 1. The normalized spacial score (nSPS) is 13.0. The van der Waals surface area contributed by atoms with E-state index in [9.17, 15) is 0 Å². The molecule has 4 nitrogen and oxygen atoms in total. The van der Waals surface area contributed by atoms with Crippen molar-refractivity contribution in [3.8, 4) is 33.8 Å². The van der Waals surface area contributed by atoms with Crippen molar-refractivity contribution in [3.63, 3.8) is 0 Å². The molecular weight excluding hydrogens is 1060 g/mol. The Balaban J connectivity index is 0.00000517. The molecule has 0 fully saturated rings. The van der Waals surface area contributed by atoms with Crippen LogP contribution in [0.2, 0.25) is 0 Å². The largest absolute Gasteiger partial charge is 0.449 e. The van der Waals surface area contributed by atoms with Gasteiger partial charge in [0.25, 0.3) is 0 Å². The molecule has 0 amide bonds. The zero-order valence-corrected chi connectivity index (χ0v) is 42.9. The molecule has 3 aromatic heterocycles. The molecule has 0 N–H and O–H groups in total. The summed E-state index contributed by atoms with van der Waals surface area (Å²) in [6, 6.07) is 92.6. The molecule has 0 atom stereocenters. The average Bonchev–Trinajstić information content (AvgIpc) is 3.96. The quantitative estimate of drug-likeness (QED) is 0.125. The standard InChI is InChI=1S/C64H47BN4Si.Pt/c1-64(2,3)47-40-61-65(63-53(45-22-8-4-9-23-45)33-21-34-54(63)46-24-10-5-11-25-46)68-44-67(58-36-18-19-37-59(58)68)48-26-20-31-51(42-48)70(49-27-12-6-13-28-49,50-29-14-7-15-30-50)52-38-39-56-55-32-16-17-35-57(55)69(60(56)43-52)62(41-47)66-61;/h4-41H,1-3H3;/q-2;. The first-order valence-corrected chi connectivity index (χ1v) is 26.2. The van der Waals surface area contributed by atoms with Gasteiger partial charge in [-0.3, -0.25) is 0 Å². The van der Waals surface area contributed by atoms with E-state index in [2.05, 4.69) is 283 Å². The molecule has 0 saturated carbocycles. The van der Waals surface area contributed by atoms with Crippen molar-refractivity contribution in [3.05, 3.63) is 255 Å². The monoisotopic (exact) mass is 1110 g/mol. The van der Waals surface area contributed by atoms with Gasteiger partial charge in [-0.05, 0) is 72.7 Å². The number of para-hydroxylation sites is 3. The van der Waals surface area contributed by atoms with Crippen LogP contribution in [0.15, 0.2) is 231 Å². The summed E-state index contributed by atoms with van der Waals surface area (Å²) in [7, 11) is -3.18. The maximum Gasteiger partial charge on any atom is 0.449 e. The molecule has 8 bridgehead atoms. The van der Waals surface area contributed by atoms with Crippen LogP contribution < -0.4 is 36.3 Å². The minimum atomic E-state index is -3.18. The van der Waals surface area contributed by atoms with Gasteiger partial charge in [0.1, 0.15) is 13.9 Å². The Labute approximate surface area is 430 Å². The Morgan fingerprint density at radius 2 is 1.08 bits per heavy atom. The maximum absolute atomic E-state index is 6.00. The second kappa shape index (κ2) is 17.6. The summed E-state index contributed by atoms with van der Waals surface area (Å²) in [5.74, 6) is 0.850. The number of hydrogen-bond donors (Lipinski definition) is 0. The summed E-state index contributed by atoms with van der Waals surface area (Å²) in [5.41, 5.74) is 12.6. The molecule has 13 rings (SSSR count). The smallest absolute Gasteiger partial charge is 0.370 e. The second-order valence-electron chi connectivity index (χ2n) is 19.5. The fourth-order valence-electron chi connectivity index (χ4n) is 11.2. The Bertz CT molecular complexity index is 3840. The van der Waals surface area contributed by atoms with Gasteiger partial charge < -0.3 is 13.6 Å². The van der Waals surface area contributed by atoms with Crippen LogP contribution in [-0.2, 0) is 26.5 Å². The van der Waals surface area contributed by atoms with Gasteiger partial charge in [-0.15, -0.1) is 5.39 Å². The van der Waals surface area contributed by atoms with E-state index in [1.807, 2.05) is 0 Å². The first-order chi connectivity index (χ1) is 34.4. The zero-order valence-electron chi connectivity index (χ0n) is 39.6. The van der Waals surface area contributed by atoms with Gasteiger partial charge in [0.05, 0.1) is 11.1 Å². The first kappa shape index (κ1) is 44.6. The van der Waals surface area contributed by atoms with Crippen LogP contribution in [0.5, 0.6) is 0 Å². The third-order valence-electron chi connectivity index (χ3n) is 14.4. The van der Waals surface area contributed by atoms with Crippen molar-refractivity contribution in [2.24, 2.45) is 0 Å². The molecule has 1 aliphatic rings.